The van der Waals surface area contributed by atoms with Gasteiger partial charge < -0.3 is 14.7 Å². The fourth-order valence-corrected chi connectivity index (χ4v) is 5.79. The Kier molecular flexibility index (Phi) is 5.17. The highest BCUT2D eigenvalue weighted by Crippen LogP contribution is 2.47. The second kappa shape index (κ2) is 7.41. The topological polar surface area (TPSA) is 58.5 Å². The van der Waals surface area contributed by atoms with E-state index in [1.54, 1.807) is 17.7 Å². The molecular weight excluding hydrogens is 346 g/mol. The molecule has 6 heteroatoms. The van der Waals surface area contributed by atoms with E-state index < -0.39 is 0 Å². The van der Waals surface area contributed by atoms with Gasteiger partial charge in [-0.15, -0.1) is 11.3 Å². The summed E-state index contributed by atoms with van der Waals surface area (Å²) >= 11 is 1.75. The van der Waals surface area contributed by atoms with Crippen LogP contribution < -0.4 is 4.74 Å². The molecule has 0 saturated heterocycles. The van der Waals surface area contributed by atoms with Gasteiger partial charge in [-0.1, -0.05) is 6.92 Å². The second-order valence-electron chi connectivity index (χ2n) is 7.93. The minimum atomic E-state index is -0.294. The summed E-state index contributed by atoms with van der Waals surface area (Å²) in [6.45, 7) is 2.05. The van der Waals surface area contributed by atoms with Crippen molar-refractivity contribution in [3.63, 3.8) is 0 Å². The van der Waals surface area contributed by atoms with Gasteiger partial charge in [-0.2, -0.15) is 0 Å². The molecule has 4 rings (SSSR count). The van der Waals surface area contributed by atoms with Crippen LogP contribution in [0.1, 0.15) is 61.8 Å². The van der Waals surface area contributed by atoms with E-state index in [4.69, 9.17) is 4.74 Å². The molecule has 1 saturated carbocycles. The van der Waals surface area contributed by atoms with E-state index in [-0.39, 0.29) is 18.1 Å². The highest BCUT2D eigenvalue weighted by atomic mass is 32.1. The fourth-order valence-electron chi connectivity index (χ4n) is 4.58. The van der Waals surface area contributed by atoms with Crippen molar-refractivity contribution >= 4 is 21.6 Å². The number of hydrogen-bond acceptors (Lipinski definition) is 6. The predicted octanol–water partition coefficient (Wildman–Crippen LogP) is 3.74. The molecule has 5 nitrogen and oxygen atoms in total. The molecule has 2 aromatic heterocycles. The van der Waals surface area contributed by atoms with Crippen molar-refractivity contribution in [3.8, 4) is 5.88 Å². The maximum atomic E-state index is 10.5. The number of hydrogen-bond donors (Lipinski definition) is 1. The van der Waals surface area contributed by atoms with Crippen LogP contribution in [0.4, 0.5) is 0 Å². The molecule has 0 unspecified atom stereocenters. The number of fused-ring (bicyclic) bond motifs is 3. The van der Waals surface area contributed by atoms with Crippen LogP contribution in [0.3, 0.4) is 0 Å². The molecule has 0 amide bonds. The molecule has 0 aliphatic heterocycles. The van der Waals surface area contributed by atoms with Gasteiger partial charge in [0, 0.05) is 16.8 Å². The minimum absolute atomic E-state index is 0.196. The van der Waals surface area contributed by atoms with Gasteiger partial charge in [0.05, 0.1) is 11.5 Å². The molecular formula is C20H29N3O2S. The monoisotopic (exact) mass is 375 g/mol. The second-order valence-corrected chi connectivity index (χ2v) is 9.01. The van der Waals surface area contributed by atoms with Gasteiger partial charge in [-0.25, -0.2) is 9.97 Å². The average molecular weight is 376 g/mol. The van der Waals surface area contributed by atoms with Gasteiger partial charge in [0.1, 0.15) is 17.3 Å². The Balaban J connectivity index is 1.61. The molecule has 2 aromatic rings. The molecule has 2 aliphatic rings. The summed E-state index contributed by atoms with van der Waals surface area (Å²) in [6, 6.07) is 0.662. The van der Waals surface area contributed by atoms with Crippen LogP contribution in [0.5, 0.6) is 5.88 Å². The molecule has 1 fully saturated rings. The molecule has 2 atom stereocenters. The van der Waals surface area contributed by atoms with Crippen LogP contribution in [0.15, 0.2) is 6.33 Å². The Hall–Kier alpha value is -1.24. The van der Waals surface area contributed by atoms with Crippen molar-refractivity contribution in [2.24, 2.45) is 0 Å². The van der Waals surface area contributed by atoms with Crippen molar-refractivity contribution in [1.29, 1.82) is 0 Å². The number of aryl methyl sites for hydroxylation is 1. The molecule has 0 aromatic carbocycles. The van der Waals surface area contributed by atoms with E-state index in [1.807, 2.05) is 6.92 Å². The Morgan fingerprint density at radius 2 is 2.00 bits per heavy atom. The summed E-state index contributed by atoms with van der Waals surface area (Å²) in [4.78, 5) is 13.7. The first-order valence-electron chi connectivity index (χ1n) is 9.85. The first-order valence-corrected chi connectivity index (χ1v) is 10.7. The maximum absolute atomic E-state index is 10.5. The first-order chi connectivity index (χ1) is 12.6. The van der Waals surface area contributed by atoms with Gasteiger partial charge in [0.25, 0.3) is 0 Å². The molecule has 0 spiro atoms. The maximum Gasteiger partial charge on any atom is 0.225 e. The van der Waals surface area contributed by atoms with Crippen LogP contribution in [-0.4, -0.2) is 52.3 Å². The normalized spacial score (nSPS) is 27.0. The van der Waals surface area contributed by atoms with Gasteiger partial charge in [0.15, 0.2) is 0 Å². The lowest BCUT2D eigenvalue weighted by Gasteiger charge is -2.32. The van der Waals surface area contributed by atoms with Crippen molar-refractivity contribution in [2.45, 2.75) is 76.0 Å². The van der Waals surface area contributed by atoms with Gasteiger partial charge in [-0.05, 0) is 64.6 Å². The van der Waals surface area contributed by atoms with Crippen molar-refractivity contribution in [1.82, 2.24) is 14.9 Å². The van der Waals surface area contributed by atoms with Gasteiger partial charge in [-0.3, -0.25) is 0 Å². The Morgan fingerprint density at radius 3 is 2.69 bits per heavy atom. The average Bonchev–Trinajstić information content (AvgIpc) is 3.21. The summed E-state index contributed by atoms with van der Waals surface area (Å²) < 4.78 is 6.40. The summed E-state index contributed by atoms with van der Waals surface area (Å²) in [5.41, 5.74) is 1.26. The Bertz CT molecular complexity index is 768. The fraction of sp³-hybridized carbons (Fsp3) is 0.700. The third kappa shape index (κ3) is 3.23. The van der Waals surface area contributed by atoms with E-state index in [9.17, 15) is 5.11 Å². The van der Waals surface area contributed by atoms with E-state index in [0.29, 0.717) is 6.04 Å². The molecule has 0 bridgehead atoms. The molecule has 1 N–H and O–H groups in total. The number of aromatic nitrogens is 2. The van der Waals surface area contributed by atoms with Crippen molar-refractivity contribution in [2.75, 3.05) is 14.1 Å². The SMILES string of the molecule is CC[C@H](O)[C@H]1CCc2sc3ncnc(O[C@H]4CC[C@H](N(C)C)CC4)c3c21. The zero-order valence-corrected chi connectivity index (χ0v) is 16.8. The predicted molar refractivity (Wildman–Crippen MR) is 105 cm³/mol. The van der Waals surface area contributed by atoms with Gasteiger partial charge in [0.2, 0.25) is 5.88 Å². The first kappa shape index (κ1) is 18.1. The Labute approximate surface area is 159 Å². The third-order valence-electron chi connectivity index (χ3n) is 6.16. The number of ether oxygens (including phenoxy) is 1. The van der Waals surface area contributed by atoms with E-state index in [0.717, 1.165) is 48.2 Å². The van der Waals surface area contributed by atoms with Crippen LogP contribution >= 0.6 is 11.3 Å². The quantitative estimate of drug-likeness (QED) is 0.863. The van der Waals surface area contributed by atoms with Crippen LogP contribution in [0.2, 0.25) is 0 Å². The zero-order valence-electron chi connectivity index (χ0n) is 15.9. The lowest BCUT2D eigenvalue weighted by molar-refractivity contribution is 0.108. The third-order valence-corrected chi connectivity index (χ3v) is 7.33. The standard InChI is InChI=1S/C20H29N3O2S/c1-4-15(24)14-9-10-16-17(14)18-19(21-11-22-20(18)26-16)25-13-7-5-12(6-8-13)23(2)3/h11-15,24H,4-10H2,1-3H3/t12-,13-,14-,15+/m1/s1. The lowest BCUT2D eigenvalue weighted by atomic mass is 9.92. The smallest absolute Gasteiger partial charge is 0.225 e. The summed E-state index contributed by atoms with van der Waals surface area (Å²) in [5.74, 6) is 0.928. The van der Waals surface area contributed by atoms with Crippen molar-refractivity contribution < 1.29 is 9.84 Å². The molecule has 0 radical (unpaired) electrons. The van der Waals surface area contributed by atoms with Crippen molar-refractivity contribution in [3.05, 3.63) is 16.8 Å². The van der Waals surface area contributed by atoms with Crippen LogP contribution in [-0.2, 0) is 6.42 Å². The van der Waals surface area contributed by atoms with Crippen LogP contribution in [0.25, 0.3) is 10.2 Å². The molecule has 2 heterocycles. The van der Waals surface area contributed by atoms with E-state index >= 15 is 0 Å². The molecule has 2 aliphatic carbocycles. The largest absolute Gasteiger partial charge is 0.474 e. The van der Waals surface area contributed by atoms with Crippen LogP contribution in [0, 0.1) is 0 Å². The lowest BCUT2D eigenvalue weighted by Crippen LogP contribution is -2.35. The molecule has 26 heavy (non-hydrogen) atoms. The summed E-state index contributed by atoms with van der Waals surface area (Å²) in [5, 5.41) is 11.6. The Morgan fingerprint density at radius 1 is 1.23 bits per heavy atom. The number of nitrogens with zero attached hydrogens (tertiary/aromatic N) is 3. The summed E-state index contributed by atoms with van der Waals surface area (Å²) in [7, 11) is 4.32. The molecule has 142 valence electrons. The number of aliphatic hydroxyl groups is 1. The highest BCUT2D eigenvalue weighted by Gasteiger charge is 2.34. The van der Waals surface area contributed by atoms with Gasteiger partial charge >= 0.3 is 0 Å². The zero-order chi connectivity index (χ0) is 18.3. The summed E-state index contributed by atoms with van der Waals surface area (Å²) in [6.07, 6.45) is 8.88. The van der Waals surface area contributed by atoms with E-state index in [2.05, 4.69) is 29.0 Å². The van der Waals surface area contributed by atoms with E-state index in [1.165, 1.54) is 23.3 Å². The number of aliphatic hydroxyl groups excluding tert-OH is 1. The number of thiophene rings is 1. The highest BCUT2D eigenvalue weighted by molar-refractivity contribution is 7.19. The number of rotatable bonds is 5. The minimum Gasteiger partial charge on any atom is -0.474 e.